The maximum Gasteiger partial charge on any atom is 0.142 e. The van der Waals surface area contributed by atoms with Crippen LogP contribution in [0.3, 0.4) is 0 Å². The van der Waals surface area contributed by atoms with Crippen molar-refractivity contribution in [3.05, 3.63) is 24.3 Å². The first-order valence-electron chi connectivity index (χ1n) is 5.96. The Balaban J connectivity index is 1.94. The highest BCUT2D eigenvalue weighted by atomic mass is 16.5. The molecule has 1 saturated heterocycles. The Bertz CT molecular complexity index is 334. The first-order chi connectivity index (χ1) is 7.75. The number of benzene rings is 1. The predicted octanol–water partition coefficient (Wildman–Crippen LogP) is 2.11. The van der Waals surface area contributed by atoms with Gasteiger partial charge in [-0.15, -0.1) is 0 Å². The average Bonchev–Trinajstić information content (AvgIpc) is 2.17. The van der Waals surface area contributed by atoms with E-state index in [1.807, 2.05) is 32.0 Å². The Morgan fingerprint density at radius 1 is 1.38 bits per heavy atom. The van der Waals surface area contributed by atoms with E-state index in [0.717, 1.165) is 37.0 Å². The minimum atomic E-state index is 0.216. The van der Waals surface area contributed by atoms with Gasteiger partial charge in [0.2, 0.25) is 0 Å². The molecule has 0 saturated carbocycles. The van der Waals surface area contributed by atoms with Crippen molar-refractivity contribution in [3.63, 3.8) is 0 Å². The summed E-state index contributed by atoms with van der Waals surface area (Å²) >= 11 is 0. The summed E-state index contributed by atoms with van der Waals surface area (Å²) in [6.45, 7) is 7.37. The van der Waals surface area contributed by atoms with Crippen LogP contribution in [0.4, 0.5) is 5.69 Å². The standard InChI is InChI=1S/C13H20N2O/c1-10(2)16-13-6-4-3-5-12(13)15-9-11-7-14-8-11/h3-6,10-11,14-15H,7-9H2,1-2H3. The van der Waals surface area contributed by atoms with Gasteiger partial charge in [-0.3, -0.25) is 0 Å². The van der Waals surface area contributed by atoms with Crippen molar-refractivity contribution in [2.45, 2.75) is 20.0 Å². The summed E-state index contributed by atoms with van der Waals surface area (Å²) < 4.78 is 5.75. The van der Waals surface area contributed by atoms with E-state index in [2.05, 4.69) is 16.7 Å². The van der Waals surface area contributed by atoms with Crippen molar-refractivity contribution in [2.24, 2.45) is 5.92 Å². The lowest BCUT2D eigenvalue weighted by Gasteiger charge is -2.28. The van der Waals surface area contributed by atoms with Crippen LogP contribution in [0.2, 0.25) is 0 Å². The molecule has 3 nitrogen and oxygen atoms in total. The van der Waals surface area contributed by atoms with E-state index in [1.165, 1.54) is 0 Å². The molecule has 2 N–H and O–H groups in total. The maximum absolute atomic E-state index is 5.75. The lowest BCUT2D eigenvalue weighted by molar-refractivity contribution is 0.243. The highest BCUT2D eigenvalue weighted by Crippen LogP contribution is 2.25. The molecule has 0 aromatic heterocycles. The van der Waals surface area contributed by atoms with Crippen LogP contribution in [0.5, 0.6) is 5.75 Å². The monoisotopic (exact) mass is 220 g/mol. The Hall–Kier alpha value is -1.22. The Morgan fingerprint density at radius 3 is 2.75 bits per heavy atom. The number of hydrogen-bond acceptors (Lipinski definition) is 3. The second-order valence-electron chi connectivity index (χ2n) is 4.57. The molecule has 1 aromatic rings. The molecule has 1 heterocycles. The van der Waals surface area contributed by atoms with Crippen molar-refractivity contribution in [1.29, 1.82) is 0 Å². The van der Waals surface area contributed by atoms with E-state index in [9.17, 15) is 0 Å². The molecule has 0 amide bonds. The molecule has 0 atom stereocenters. The summed E-state index contributed by atoms with van der Waals surface area (Å²) in [4.78, 5) is 0. The minimum Gasteiger partial charge on any atom is -0.489 e. The lowest BCUT2D eigenvalue weighted by Crippen LogP contribution is -2.45. The predicted molar refractivity (Wildman–Crippen MR) is 67.1 cm³/mol. The molecule has 2 rings (SSSR count). The number of para-hydroxylation sites is 2. The molecule has 0 unspecified atom stereocenters. The number of nitrogens with one attached hydrogen (secondary N) is 2. The second-order valence-corrected chi connectivity index (χ2v) is 4.57. The van der Waals surface area contributed by atoms with E-state index < -0.39 is 0 Å². The molecule has 0 spiro atoms. The van der Waals surface area contributed by atoms with Gasteiger partial charge in [0.15, 0.2) is 0 Å². The molecule has 88 valence electrons. The molecule has 1 aliphatic heterocycles. The smallest absolute Gasteiger partial charge is 0.142 e. The summed E-state index contributed by atoms with van der Waals surface area (Å²) in [7, 11) is 0. The summed E-state index contributed by atoms with van der Waals surface area (Å²) in [5.74, 6) is 1.71. The minimum absolute atomic E-state index is 0.216. The van der Waals surface area contributed by atoms with E-state index in [0.29, 0.717) is 0 Å². The van der Waals surface area contributed by atoms with Crippen molar-refractivity contribution >= 4 is 5.69 Å². The fourth-order valence-corrected chi connectivity index (χ4v) is 1.72. The molecule has 0 bridgehead atoms. The molecule has 3 heteroatoms. The lowest BCUT2D eigenvalue weighted by atomic mass is 10.0. The summed E-state index contributed by atoms with van der Waals surface area (Å²) in [5.41, 5.74) is 1.10. The van der Waals surface area contributed by atoms with E-state index in [-0.39, 0.29) is 6.10 Å². The second kappa shape index (κ2) is 5.21. The molecule has 1 fully saturated rings. The Labute approximate surface area is 97.2 Å². The number of ether oxygens (including phenoxy) is 1. The van der Waals surface area contributed by atoms with Crippen LogP contribution in [-0.4, -0.2) is 25.7 Å². The van der Waals surface area contributed by atoms with Crippen molar-refractivity contribution in [1.82, 2.24) is 5.32 Å². The van der Waals surface area contributed by atoms with Crippen LogP contribution in [-0.2, 0) is 0 Å². The van der Waals surface area contributed by atoms with Crippen LogP contribution >= 0.6 is 0 Å². The fraction of sp³-hybridized carbons (Fsp3) is 0.538. The molecular weight excluding hydrogens is 200 g/mol. The first-order valence-corrected chi connectivity index (χ1v) is 5.96. The van der Waals surface area contributed by atoms with Crippen LogP contribution in [0.1, 0.15) is 13.8 Å². The van der Waals surface area contributed by atoms with Crippen molar-refractivity contribution in [2.75, 3.05) is 25.0 Å². The van der Waals surface area contributed by atoms with Gasteiger partial charge in [0.05, 0.1) is 11.8 Å². The zero-order valence-corrected chi connectivity index (χ0v) is 9.99. The number of hydrogen-bond donors (Lipinski definition) is 2. The Morgan fingerprint density at radius 2 is 2.12 bits per heavy atom. The van der Waals surface area contributed by atoms with Gasteiger partial charge in [0.1, 0.15) is 5.75 Å². The van der Waals surface area contributed by atoms with Crippen LogP contribution in [0.25, 0.3) is 0 Å². The highest BCUT2D eigenvalue weighted by molar-refractivity contribution is 5.56. The molecule has 0 radical (unpaired) electrons. The normalized spacial score (nSPS) is 15.9. The van der Waals surface area contributed by atoms with Gasteiger partial charge in [0, 0.05) is 25.6 Å². The zero-order valence-electron chi connectivity index (χ0n) is 9.99. The fourth-order valence-electron chi connectivity index (χ4n) is 1.72. The van der Waals surface area contributed by atoms with E-state index in [1.54, 1.807) is 0 Å². The quantitative estimate of drug-likeness (QED) is 0.797. The van der Waals surface area contributed by atoms with Gasteiger partial charge in [0.25, 0.3) is 0 Å². The third-order valence-corrected chi connectivity index (χ3v) is 2.70. The third-order valence-electron chi connectivity index (χ3n) is 2.70. The van der Waals surface area contributed by atoms with Gasteiger partial charge in [-0.05, 0) is 26.0 Å². The van der Waals surface area contributed by atoms with Crippen LogP contribution < -0.4 is 15.4 Å². The van der Waals surface area contributed by atoms with Gasteiger partial charge in [-0.1, -0.05) is 12.1 Å². The maximum atomic E-state index is 5.75. The summed E-state index contributed by atoms with van der Waals surface area (Å²) in [6.07, 6.45) is 0.216. The molecule has 1 aromatic carbocycles. The highest BCUT2D eigenvalue weighted by Gasteiger charge is 2.16. The van der Waals surface area contributed by atoms with Crippen LogP contribution in [0, 0.1) is 5.92 Å². The SMILES string of the molecule is CC(C)Oc1ccccc1NCC1CNC1. The van der Waals surface area contributed by atoms with Gasteiger partial charge in [-0.25, -0.2) is 0 Å². The third kappa shape index (κ3) is 2.89. The van der Waals surface area contributed by atoms with Gasteiger partial charge < -0.3 is 15.4 Å². The van der Waals surface area contributed by atoms with Crippen molar-refractivity contribution in [3.8, 4) is 5.75 Å². The average molecular weight is 220 g/mol. The number of rotatable bonds is 5. The molecule has 1 aliphatic rings. The zero-order chi connectivity index (χ0) is 11.4. The molecule has 16 heavy (non-hydrogen) atoms. The van der Waals surface area contributed by atoms with Crippen LogP contribution in [0.15, 0.2) is 24.3 Å². The molecule has 0 aliphatic carbocycles. The summed E-state index contributed by atoms with van der Waals surface area (Å²) in [5, 5.41) is 6.73. The first kappa shape index (κ1) is 11.3. The van der Waals surface area contributed by atoms with E-state index >= 15 is 0 Å². The van der Waals surface area contributed by atoms with Crippen molar-refractivity contribution < 1.29 is 4.74 Å². The van der Waals surface area contributed by atoms with Gasteiger partial charge in [-0.2, -0.15) is 0 Å². The number of anilines is 1. The largest absolute Gasteiger partial charge is 0.489 e. The molecular formula is C13H20N2O. The topological polar surface area (TPSA) is 33.3 Å². The Kier molecular flexibility index (Phi) is 3.67. The van der Waals surface area contributed by atoms with E-state index in [4.69, 9.17) is 4.74 Å². The summed E-state index contributed by atoms with van der Waals surface area (Å²) in [6, 6.07) is 8.13. The van der Waals surface area contributed by atoms with Gasteiger partial charge >= 0.3 is 0 Å².